The highest BCUT2D eigenvalue weighted by Crippen LogP contribution is 2.30. The van der Waals surface area contributed by atoms with E-state index in [4.69, 9.17) is 23.7 Å². The first kappa shape index (κ1) is 18.6. The summed E-state index contributed by atoms with van der Waals surface area (Å²) >= 11 is 0. The van der Waals surface area contributed by atoms with Crippen molar-refractivity contribution >= 4 is 21.5 Å². The van der Waals surface area contributed by atoms with Crippen molar-refractivity contribution in [3.63, 3.8) is 0 Å². The SMILES string of the molecule is c1ccc2cc(OC(OC(Oc3ccc4ccccc4c3)C3CO3)C3CO3)ccc2c1. The second-order valence-corrected chi connectivity index (χ2v) is 7.87. The molecule has 4 unspecified atom stereocenters. The molecule has 0 radical (unpaired) electrons. The number of ether oxygens (including phenoxy) is 5. The Morgan fingerprint density at radius 2 is 1.00 bits per heavy atom. The van der Waals surface area contributed by atoms with Crippen molar-refractivity contribution in [2.75, 3.05) is 13.2 Å². The molecule has 2 aliphatic rings. The molecule has 2 fully saturated rings. The molecule has 0 spiro atoms. The van der Waals surface area contributed by atoms with Gasteiger partial charge in [0.05, 0.1) is 13.2 Å². The maximum atomic E-state index is 6.24. The van der Waals surface area contributed by atoms with E-state index in [2.05, 4.69) is 24.3 Å². The van der Waals surface area contributed by atoms with Crippen LogP contribution in [0.25, 0.3) is 21.5 Å². The van der Waals surface area contributed by atoms with Gasteiger partial charge in [0.15, 0.2) is 0 Å². The monoisotopic (exact) mass is 414 g/mol. The highest BCUT2D eigenvalue weighted by molar-refractivity contribution is 5.84. The summed E-state index contributed by atoms with van der Waals surface area (Å²) in [6.07, 6.45) is -1.38. The number of hydrogen-bond donors (Lipinski definition) is 0. The molecule has 31 heavy (non-hydrogen) atoms. The lowest BCUT2D eigenvalue weighted by atomic mass is 10.1. The molecule has 4 aromatic rings. The van der Waals surface area contributed by atoms with Gasteiger partial charge in [0, 0.05) is 0 Å². The molecule has 4 aromatic carbocycles. The summed E-state index contributed by atoms with van der Waals surface area (Å²) in [5, 5.41) is 4.56. The predicted molar refractivity (Wildman–Crippen MR) is 117 cm³/mol. The fourth-order valence-electron chi connectivity index (χ4n) is 3.69. The zero-order valence-electron chi connectivity index (χ0n) is 16.8. The molecule has 5 heteroatoms. The Balaban J connectivity index is 1.21. The first-order chi connectivity index (χ1) is 15.3. The van der Waals surface area contributed by atoms with Crippen LogP contribution in [0.3, 0.4) is 0 Å². The number of rotatable bonds is 8. The molecular formula is C26H22O5. The summed E-state index contributed by atoms with van der Waals surface area (Å²) in [5.41, 5.74) is 0. The van der Waals surface area contributed by atoms with Crippen LogP contribution in [0.15, 0.2) is 84.9 Å². The van der Waals surface area contributed by atoms with Gasteiger partial charge < -0.3 is 18.9 Å². The van der Waals surface area contributed by atoms with Crippen LogP contribution >= 0.6 is 0 Å². The molecule has 2 saturated heterocycles. The molecule has 4 atom stereocenters. The first-order valence-electron chi connectivity index (χ1n) is 10.5. The maximum Gasteiger partial charge on any atom is 0.232 e. The van der Waals surface area contributed by atoms with Crippen molar-refractivity contribution in [1.82, 2.24) is 0 Å². The number of fused-ring (bicyclic) bond motifs is 2. The van der Waals surface area contributed by atoms with Crippen LogP contribution in [0.2, 0.25) is 0 Å². The minimum atomic E-state index is -0.573. The highest BCUT2D eigenvalue weighted by atomic mass is 16.8. The summed E-state index contributed by atoms with van der Waals surface area (Å²) in [4.78, 5) is 0. The van der Waals surface area contributed by atoms with Gasteiger partial charge in [-0.1, -0.05) is 60.7 Å². The second kappa shape index (κ2) is 7.85. The van der Waals surface area contributed by atoms with Crippen LogP contribution in [0.5, 0.6) is 11.5 Å². The van der Waals surface area contributed by atoms with Gasteiger partial charge in [-0.25, -0.2) is 0 Å². The Kier molecular flexibility index (Phi) is 4.72. The molecule has 6 rings (SSSR count). The maximum absolute atomic E-state index is 6.24. The Morgan fingerprint density at radius 3 is 1.42 bits per heavy atom. The van der Waals surface area contributed by atoms with Gasteiger partial charge in [0.25, 0.3) is 0 Å². The quantitative estimate of drug-likeness (QED) is 0.303. The topological polar surface area (TPSA) is 52.8 Å². The van der Waals surface area contributed by atoms with Crippen LogP contribution < -0.4 is 9.47 Å². The number of epoxide rings is 2. The van der Waals surface area contributed by atoms with Crippen molar-refractivity contribution in [3.05, 3.63) is 84.9 Å². The fourth-order valence-corrected chi connectivity index (χ4v) is 3.69. The average Bonchev–Trinajstić information content (AvgIpc) is 3.71. The zero-order valence-corrected chi connectivity index (χ0v) is 16.8. The van der Waals surface area contributed by atoms with Gasteiger partial charge in [-0.2, -0.15) is 0 Å². The van der Waals surface area contributed by atoms with E-state index in [-0.39, 0.29) is 12.2 Å². The Labute approximate surface area is 180 Å². The Morgan fingerprint density at radius 1 is 0.581 bits per heavy atom. The summed E-state index contributed by atoms with van der Waals surface area (Å²) in [6, 6.07) is 28.4. The van der Waals surface area contributed by atoms with Crippen LogP contribution in [-0.4, -0.2) is 38.0 Å². The van der Waals surface area contributed by atoms with E-state index in [0.29, 0.717) is 13.2 Å². The Hall–Kier alpha value is -3.12. The molecule has 0 aromatic heterocycles. The van der Waals surface area contributed by atoms with Gasteiger partial charge in [0.2, 0.25) is 12.6 Å². The van der Waals surface area contributed by atoms with E-state index in [1.165, 1.54) is 10.8 Å². The van der Waals surface area contributed by atoms with Gasteiger partial charge in [-0.05, 0) is 45.8 Å². The summed E-state index contributed by atoms with van der Waals surface area (Å²) in [7, 11) is 0. The van der Waals surface area contributed by atoms with Gasteiger partial charge in [0.1, 0.15) is 23.7 Å². The summed E-state index contributed by atoms with van der Waals surface area (Å²) in [5.74, 6) is 1.47. The molecule has 0 bridgehead atoms. The number of benzene rings is 4. The highest BCUT2D eigenvalue weighted by Gasteiger charge is 2.43. The second-order valence-electron chi connectivity index (χ2n) is 7.87. The van der Waals surface area contributed by atoms with Crippen LogP contribution in [0.4, 0.5) is 0 Å². The average molecular weight is 414 g/mol. The standard InChI is InChI=1S/C26H22O5/c1-3-7-19-13-21(11-9-17(19)5-1)29-25(23-15-27-23)31-26(24-16-28-24)30-22-12-10-18-6-2-4-8-20(18)14-22/h1-14,23-26H,15-16H2. The first-order valence-corrected chi connectivity index (χ1v) is 10.5. The summed E-state index contributed by atoms with van der Waals surface area (Å²) in [6.45, 7) is 1.21. The smallest absolute Gasteiger partial charge is 0.232 e. The van der Waals surface area contributed by atoms with Crippen LogP contribution in [0.1, 0.15) is 0 Å². The van der Waals surface area contributed by atoms with Crippen LogP contribution in [0, 0.1) is 0 Å². The van der Waals surface area contributed by atoms with E-state index in [9.17, 15) is 0 Å². The molecule has 0 N–H and O–H groups in total. The zero-order chi connectivity index (χ0) is 20.6. The molecule has 0 amide bonds. The molecule has 156 valence electrons. The van der Waals surface area contributed by atoms with Gasteiger partial charge in [-0.3, -0.25) is 4.74 Å². The van der Waals surface area contributed by atoms with E-state index in [0.717, 1.165) is 22.3 Å². The Bertz CT molecular complexity index is 1120. The fraction of sp³-hybridized carbons (Fsp3) is 0.231. The van der Waals surface area contributed by atoms with Gasteiger partial charge in [-0.15, -0.1) is 0 Å². The normalized spacial score (nSPS) is 21.5. The predicted octanol–water partition coefficient (Wildman–Crippen LogP) is 4.92. The van der Waals surface area contributed by atoms with Crippen molar-refractivity contribution in [2.24, 2.45) is 0 Å². The van der Waals surface area contributed by atoms with Crippen molar-refractivity contribution < 1.29 is 23.7 Å². The van der Waals surface area contributed by atoms with E-state index >= 15 is 0 Å². The van der Waals surface area contributed by atoms with Crippen molar-refractivity contribution in [1.29, 1.82) is 0 Å². The van der Waals surface area contributed by atoms with E-state index in [1.807, 2.05) is 60.7 Å². The van der Waals surface area contributed by atoms with Crippen molar-refractivity contribution in [3.8, 4) is 11.5 Å². The van der Waals surface area contributed by atoms with E-state index < -0.39 is 12.6 Å². The third-order valence-corrected chi connectivity index (χ3v) is 5.54. The minimum Gasteiger partial charge on any atom is -0.462 e. The molecule has 2 aliphatic heterocycles. The van der Waals surface area contributed by atoms with E-state index in [1.54, 1.807) is 0 Å². The third-order valence-electron chi connectivity index (χ3n) is 5.54. The molecule has 5 nitrogen and oxygen atoms in total. The lowest BCUT2D eigenvalue weighted by Crippen LogP contribution is -2.37. The molecule has 0 saturated carbocycles. The molecule has 0 aliphatic carbocycles. The lowest BCUT2D eigenvalue weighted by Gasteiger charge is -2.24. The van der Waals surface area contributed by atoms with Gasteiger partial charge >= 0.3 is 0 Å². The third kappa shape index (κ3) is 4.21. The molecular weight excluding hydrogens is 392 g/mol. The minimum absolute atomic E-state index is 0.118. The summed E-state index contributed by atoms with van der Waals surface area (Å²) < 4.78 is 29.6. The number of hydrogen-bond acceptors (Lipinski definition) is 5. The largest absolute Gasteiger partial charge is 0.462 e. The van der Waals surface area contributed by atoms with Crippen molar-refractivity contribution in [2.45, 2.75) is 24.8 Å². The van der Waals surface area contributed by atoms with Crippen LogP contribution in [-0.2, 0) is 14.2 Å². The molecule has 2 heterocycles. The lowest BCUT2D eigenvalue weighted by molar-refractivity contribution is -0.198.